The van der Waals surface area contributed by atoms with Crippen molar-refractivity contribution >= 4 is 11.7 Å². The molecule has 9 atom stereocenters. The molecule has 9 unspecified atom stereocenters. The summed E-state index contributed by atoms with van der Waals surface area (Å²) in [6, 6.07) is -2.86. The maximum absolute atomic E-state index is 14.9. The molecule has 19 heteroatoms. The van der Waals surface area contributed by atoms with Crippen molar-refractivity contribution in [1.82, 2.24) is 19.6 Å². The number of phenolic OH excluding ortho intramolecular Hbond substituents is 3. The summed E-state index contributed by atoms with van der Waals surface area (Å²) in [7, 11) is 2.41. The van der Waals surface area contributed by atoms with Crippen LogP contribution in [0.3, 0.4) is 0 Å². The first kappa shape index (κ1) is 40.8. The maximum Gasteiger partial charge on any atom is 0.423 e. The van der Waals surface area contributed by atoms with E-state index in [-0.39, 0.29) is 24.9 Å². The average molecular weight is 747 g/mol. The largest absolute Gasteiger partial charge is 0.507 e. The van der Waals surface area contributed by atoms with Crippen molar-refractivity contribution in [3.63, 3.8) is 0 Å². The number of nitrogens with zero attached hydrogens (tertiary/aromatic N) is 4. The van der Waals surface area contributed by atoms with Gasteiger partial charge in [0.15, 0.2) is 18.3 Å². The Labute approximate surface area is 290 Å². The number of Topliss-reactive ketones (excluding diaryl/α,β-unsaturated/α-hetero) is 1. The number of methoxy groups -OCH3 is 1. The van der Waals surface area contributed by atoms with Gasteiger partial charge in [0.25, 0.3) is 0 Å². The fraction of sp³-hybridized carbons (Fsp3) is 0.750. The van der Waals surface area contributed by atoms with E-state index in [9.17, 15) is 65.9 Å². The number of halogens is 7. The van der Waals surface area contributed by atoms with Gasteiger partial charge in [0.05, 0.1) is 11.7 Å². The van der Waals surface area contributed by atoms with E-state index in [0.29, 0.717) is 32.6 Å². The van der Waals surface area contributed by atoms with E-state index in [0.717, 1.165) is 11.8 Å². The summed E-state index contributed by atoms with van der Waals surface area (Å²) in [5.41, 5.74) is -7.61. The molecule has 2 heterocycles. The summed E-state index contributed by atoms with van der Waals surface area (Å²) in [6.45, 7) is 7.33. The van der Waals surface area contributed by atoms with E-state index in [2.05, 4.69) is 4.90 Å². The predicted octanol–water partition coefficient (Wildman–Crippen LogP) is 3.05. The lowest BCUT2D eigenvalue weighted by Gasteiger charge is -2.58. The molecule has 2 aliphatic heterocycles. The van der Waals surface area contributed by atoms with Gasteiger partial charge in [-0.05, 0) is 26.8 Å². The Bertz CT molecular complexity index is 1430. The molecule has 3 fully saturated rings. The third kappa shape index (κ3) is 7.08. The number of hydrogen-bond acceptors (Lipinski definition) is 11. The quantitative estimate of drug-likeness (QED) is 0.207. The molecule has 1 aromatic carbocycles. The van der Waals surface area contributed by atoms with Gasteiger partial charge in [0.1, 0.15) is 34.5 Å². The number of aromatic hydroxyl groups is 3. The van der Waals surface area contributed by atoms with E-state index >= 15 is 0 Å². The Kier molecular flexibility index (Phi) is 11.6. The van der Waals surface area contributed by atoms with Crippen LogP contribution in [0.25, 0.3) is 0 Å². The molecule has 3 aliphatic rings. The molecular formula is C32H45F7N4O8. The van der Waals surface area contributed by atoms with E-state index in [1.165, 1.54) is 34.9 Å². The van der Waals surface area contributed by atoms with Crippen LogP contribution in [0.5, 0.6) is 17.2 Å². The predicted molar refractivity (Wildman–Crippen MR) is 165 cm³/mol. The second-order valence-corrected chi connectivity index (χ2v) is 13.9. The molecule has 1 amide bonds. The number of alkyl halides is 7. The molecule has 1 aromatic rings. The van der Waals surface area contributed by atoms with E-state index < -0.39 is 100 Å². The van der Waals surface area contributed by atoms with Gasteiger partial charge >= 0.3 is 12.4 Å². The van der Waals surface area contributed by atoms with Crippen LogP contribution in [0, 0.1) is 11.3 Å². The number of ketones is 1. The molecule has 290 valence electrons. The van der Waals surface area contributed by atoms with Crippen molar-refractivity contribution in [2.75, 3.05) is 46.9 Å². The summed E-state index contributed by atoms with van der Waals surface area (Å²) in [4.78, 5) is 31.5. The molecule has 12 nitrogen and oxygen atoms in total. The highest BCUT2D eigenvalue weighted by Gasteiger charge is 2.61. The monoisotopic (exact) mass is 746 g/mol. The zero-order valence-electron chi connectivity index (χ0n) is 29.0. The number of piperidine rings is 1. The van der Waals surface area contributed by atoms with Gasteiger partial charge in [0, 0.05) is 76.2 Å². The summed E-state index contributed by atoms with van der Waals surface area (Å²) >= 11 is 0. The van der Waals surface area contributed by atoms with Crippen molar-refractivity contribution in [3.05, 3.63) is 16.7 Å². The number of aliphatic hydroxyl groups excluding tert-OH is 2. The molecule has 1 saturated carbocycles. The zero-order chi connectivity index (χ0) is 38.7. The van der Waals surface area contributed by atoms with Gasteiger partial charge < -0.3 is 35.2 Å². The number of phenols is 3. The number of carbonyl (C=O) groups is 2. The second kappa shape index (κ2) is 14.5. The number of ether oxygens (including phenoxy) is 1. The van der Waals surface area contributed by atoms with Gasteiger partial charge in [-0.2, -0.15) is 26.3 Å². The third-order valence-electron chi connectivity index (χ3n) is 11.4. The van der Waals surface area contributed by atoms with E-state index in [1.807, 2.05) is 0 Å². The van der Waals surface area contributed by atoms with Gasteiger partial charge in [-0.15, -0.1) is 0 Å². The van der Waals surface area contributed by atoms with Gasteiger partial charge in [-0.25, -0.2) is 4.39 Å². The maximum atomic E-state index is 14.9. The topological polar surface area (TPSA) is 157 Å². The number of likely N-dealkylation sites (tertiary alicyclic amines) is 1. The highest BCUT2D eigenvalue weighted by molar-refractivity contribution is 5.87. The minimum absolute atomic E-state index is 0.0886. The van der Waals surface area contributed by atoms with Crippen molar-refractivity contribution < 1.29 is 70.6 Å². The van der Waals surface area contributed by atoms with Gasteiger partial charge in [-0.1, -0.05) is 13.8 Å². The summed E-state index contributed by atoms with van der Waals surface area (Å²) in [5, 5.41) is 53.5. The van der Waals surface area contributed by atoms with Crippen LogP contribution >= 0.6 is 0 Å². The first-order valence-corrected chi connectivity index (χ1v) is 16.4. The normalized spacial score (nSPS) is 31.6. The van der Waals surface area contributed by atoms with Crippen LogP contribution in [-0.4, -0.2) is 141 Å². The molecule has 5 N–H and O–H groups in total. The smallest absolute Gasteiger partial charge is 0.423 e. The average Bonchev–Trinajstić information content (AvgIpc) is 3.04. The molecular weight excluding hydrogens is 701 g/mol. The van der Waals surface area contributed by atoms with Gasteiger partial charge in [-0.3, -0.25) is 24.3 Å². The number of rotatable bonds is 7. The van der Waals surface area contributed by atoms with Crippen LogP contribution in [0.15, 0.2) is 0 Å². The summed E-state index contributed by atoms with van der Waals surface area (Å²) < 4.78 is 104. The molecule has 0 bridgehead atoms. The number of carbonyl (C=O) groups excluding carboxylic acids is 2. The number of hydrogen-bond donors (Lipinski definition) is 5. The van der Waals surface area contributed by atoms with Crippen molar-refractivity contribution in [2.45, 2.75) is 95.7 Å². The number of amides is 1. The first-order valence-electron chi connectivity index (χ1n) is 16.4. The van der Waals surface area contributed by atoms with Crippen molar-refractivity contribution in [3.8, 4) is 17.2 Å². The summed E-state index contributed by atoms with van der Waals surface area (Å²) in [5.74, 6) is -8.35. The highest BCUT2D eigenvalue weighted by Crippen LogP contribution is 2.56. The molecule has 1 aliphatic carbocycles. The second-order valence-electron chi connectivity index (χ2n) is 13.9. The van der Waals surface area contributed by atoms with Crippen LogP contribution in [-0.2, 0) is 26.7 Å². The molecule has 0 radical (unpaired) electrons. The van der Waals surface area contributed by atoms with Gasteiger partial charge in [0.2, 0.25) is 5.91 Å². The Morgan fingerprint density at radius 3 is 1.92 bits per heavy atom. The number of aliphatic hydroxyl groups is 2. The number of piperazine rings is 1. The highest BCUT2D eigenvalue weighted by atomic mass is 19.4. The van der Waals surface area contributed by atoms with Crippen molar-refractivity contribution in [1.29, 1.82) is 0 Å². The van der Waals surface area contributed by atoms with E-state index in [4.69, 9.17) is 4.74 Å². The van der Waals surface area contributed by atoms with Crippen LogP contribution in [0.2, 0.25) is 0 Å². The Hall–Kier alpha value is -2.97. The molecule has 51 heavy (non-hydrogen) atoms. The zero-order valence-corrected chi connectivity index (χ0v) is 29.0. The Morgan fingerprint density at radius 2 is 1.47 bits per heavy atom. The molecule has 0 aromatic heterocycles. The molecule has 2 saturated heterocycles. The van der Waals surface area contributed by atoms with Crippen molar-refractivity contribution in [2.24, 2.45) is 11.3 Å². The lowest BCUT2D eigenvalue weighted by molar-refractivity contribution is -0.223. The SMILES string of the molecule is COC(N(C)C(C)c1c(O)c(C(F)(F)F)c(O)c(C(F)(F)F)c1O)N1CCC(N2CCN(C(C)=O)CC2)CC1C1(C)C(C)C(=O)C(F)C(O)C1O. The summed E-state index contributed by atoms with van der Waals surface area (Å²) in [6.07, 6.45) is -18.5. The lowest BCUT2D eigenvalue weighted by atomic mass is 9.58. The fourth-order valence-corrected chi connectivity index (χ4v) is 8.15. The molecule has 4 rings (SSSR count). The number of benzene rings is 1. The first-order chi connectivity index (χ1) is 23.4. The third-order valence-corrected chi connectivity index (χ3v) is 11.4. The van der Waals surface area contributed by atoms with E-state index in [1.54, 1.807) is 9.80 Å². The van der Waals surface area contributed by atoms with Crippen LogP contribution in [0.4, 0.5) is 30.7 Å². The lowest BCUT2D eigenvalue weighted by Crippen LogP contribution is -2.71. The fourth-order valence-electron chi connectivity index (χ4n) is 8.15. The minimum atomic E-state index is -5.68. The Balaban J connectivity index is 1.81. The minimum Gasteiger partial charge on any atom is -0.507 e. The standard InChI is InChI=1S/C32H45F7N4O8/c1-14-23(45)22(33)27(49)28(50)30(14,4)18-13-17(42-11-9-41(10-12-42)16(3)44)7-8-43(18)29(51-6)40(5)15(2)19-24(46)20(31(34,35)36)26(48)21(25(19)47)32(37,38)39/h14-15,17-18,22,27-29,46-50H,7-13H2,1-6H3. The molecule has 0 spiro atoms. The Morgan fingerprint density at radius 1 is 0.961 bits per heavy atom. The van der Waals surface area contributed by atoms with Crippen LogP contribution in [0.1, 0.15) is 63.3 Å². The van der Waals surface area contributed by atoms with Crippen LogP contribution < -0.4 is 0 Å².